The molecule has 3 nitrogen and oxygen atoms in total. The fraction of sp³-hybridized carbons (Fsp3) is 0.368. The van der Waals surface area contributed by atoms with E-state index in [-0.39, 0.29) is 11.7 Å². The molecular formula is C19H18O3. The topological polar surface area (TPSA) is 43.4 Å². The number of benzene rings is 1. The third kappa shape index (κ3) is 1.41. The molecule has 0 radical (unpaired) electrons. The van der Waals surface area contributed by atoms with Crippen LogP contribution in [0.5, 0.6) is 5.75 Å². The summed E-state index contributed by atoms with van der Waals surface area (Å²) in [4.78, 5) is 26.1. The number of rotatable bonds is 0. The van der Waals surface area contributed by atoms with E-state index in [0.29, 0.717) is 16.9 Å². The lowest BCUT2D eigenvalue weighted by atomic mass is 9.64. The molecule has 2 unspecified atom stereocenters. The van der Waals surface area contributed by atoms with E-state index in [4.69, 9.17) is 4.74 Å². The predicted octanol–water partition coefficient (Wildman–Crippen LogP) is 3.85. The monoisotopic (exact) mass is 294 g/mol. The zero-order chi connectivity index (χ0) is 15.5. The van der Waals surface area contributed by atoms with Crippen molar-refractivity contribution in [1.82, 2.24) is 0 Å². The predicted molar refractivity (Wildman–Crippen MR) is 82.6 cm³/mol. The molecule has 2 aliphatic carbocycles. The first-order chi connectivity index (χ1) is 10.6. The van der Waals surface area contributed by atoms with E-state index in [1.165, 1.54) is 5.57 Å². The number of Topliss-reactive ketones (excluding diaryl/α,β-unsaturated/α-hetero) is 1. The maximum Gasteiger partial charge on any atom is 0.330 e. The Morgan fingerprint density at radius 2 is 2.00 bits per heavy atom. The molecule has 4 rings (SSSR count). The summed E-state index contributed by atoms with van der Waals surface area (Å²) in [6, 6.07) is 7.01. The second kappa shape index (κ2) is 4.42. The molecule has 2 atom stereocenters. The van der Waals surface area contributed by atoms with E-state index in [1.807, 2.05) is 13.0 Å². The number of allylic oxidation sites excluding steroid dienone is 2. The quantitative estimate of drug-likeness (QED) is 0.415. The lowest BCUT2D eigenvalue weighted by Gasteiger charge is -2.39. The standard InChI is InChI=1S/C19H18O3/c1-11-12(2)19(15-9-5-3-7-13(11)15)17(20)14-8-4-6-10-16(14)22-18(19)21/h4,6,8,10,15H,2-3,5,7,9H2,1H3. The van der Waals surface area contributed by atoms with Gasteiger partial charge in [-0.25, -0.2) is 0 Å². The van der Waals surface area contributed by atoms with Crippen molar-refractivity contribution in [3.63, 3.8) is 0 Å². The number of carbonyl (C=O) groups excluding carboxylic acids is 2. The molecule has 1 heterocycles. The Labute approximate surface area is 129 Å². The van der Waals surface area contributed by atoms with Gasteiger partial charge in [-0.2, -0.15) is 0 Å². The van der Waals surface area contributed by atoms with Gasteiger partial charge in [-0.15, -0.1) is 0 Å². The molecule has 1 fully saturated rings. The first-order valence-corrected chi connectivity index (χ1v) is 7.84. The van der Waals surface area contributed by atoms with Crippen molar-refractivity contribution in [2.45, 2.75) is 32.6 Å². The number of hydrogen-bond donors (Lipinski definition) is 0. The SMILES string of the molecule is C=C1C(C)=C2CCCCC2C12C(=O)Oc1ccccc1C2=O. The molecule has 1 aromatic rings. The molecule has 1 saturated carbocycles. The van der Waals surface area contributed by atoms with Crippen LogP contribution in [0.15, 0.2) is 47.6 Å². The largest absolute Gasteiger partial charge is 0.425 e. The van der Waals surface area contributed by atoms with Gasteiger partial charge in [-0.3, -0.25) is 9.59 Å². The fourth-order valence-corrected chi connectivity index (χ4v) is 4.43. The molecule has 112 valence electrons. The highest BCUT2D eigenvalue weighted by Crippen LogP contribution is 2.59. The minimum Gasteiger partial charge on any atom is -0.425 e. The third-order valence-electron chi connectivity index (χ3n) is 5.56. The summed E-state index contributed by atoms with van der Waals surface area (Å²) in [5.74, 6) is -0.270. The number of hydrogen-bond acceptors (Lipinski definition) is 3. The van der Waals surface area contributed by atoms with Gasteiger partial charge in [0.25, 0.3) is 0 Å². The van der Waals surface area contributed by atoms with E-state index in [1.54, 1.807) is 18.2 Å². The summed E-state index contributed by atoms with van der Waals surface area (Å²) < 4.78 is 5.56. The lowest BCUT2D eigenvalue weighted by molar-refractivity contribution is -0.143. The third-order valence-corrected chi connectivity index (χ3v) is 5.56. The Morgan fingerprint density at radius 1 is 1.23 bits per heavy atom. The highest BCUT2D eigenvalue weighted by molar-refractivity contribution is 6.20. The van der Waals surface area contributed by atoms with Gasteiger partial charge < -0.3 is 4.74 Å². The molecule has 0 N–H and O–H groups in total. The van der Waals surface area contributed by atoms with E-state index < -0.39 is 11.4 Å². The van der Waals surface area contributed by atoms with E-state index in [9.17, 15) is 9.59 Å². The van der Waals surface area contributed by atoms with Crippen LogP contribution in [0.2, 0.25) is 0 Å². The molecule has 1 aliphatic heterocycles. The average Bonchev–Trinajstić information content (AvgIpc) is 2.76. The summed E-state index contributed by atoms with van der Waals surface area (Å²) in [6.07, 6.45) is 3.97. The summed E-state index contributed by atoms with van der Waals surface area (Å²) >= 11 is 0. The van der Waals surface area contributed by atoms with Crippen molar-refractivity contribution in [3.05, 3.63) is 53.1 Å². The highest BCUT2D eigenvalue weighted by atomic mass is 16.5. The fourth-order valence-electron chi connectivity index (χ4n) is 4.43. The molecule has 1 aromatic carbocycles. The second-order valence-corrected chi connectivity index (χ2v) is 6.45. The van der Waals surface area contributed by atoms with Crippen molar-refractivity contribution in [2.24, 2.45) is 11.3 Å². The maximum atomic E-state index is 13.3. The number of ether oxygens (including phenoxy) is 1. The average molecular weight is 294 g/mol. The van der Waals surface area contributed by atoms with Crippen LogP contribution in [0, 0.1) is 11.3 Å². The molecule has 1 spiro atoms. The van der Waals surface area contributed by atoms with Crippen LogP contribution in [-0.4, -0.2) is 11.8 Å². The van der Waals surface area contributed by atoms with Gasteiger partial charge in [0, 0.05) is 5.92 Å². The summed E-state index contributed by atoms with van der Waals surface area (Å²) in [7, 11) is 0. The van der Waals surface area contributed by atoms with Gasteiger partial charge in [-0.1, -0.05) is 30.7 Å². The number of ketones is 1. The van der Waals surface area contributed by atoms with Gasteiger partial charge >= 0.3 is 5.97 Å². The Bertz CT molecular complexity index is 756. The van der Waals surface area contributed by atoms with Crippen LogP contribution in [0.3, 0.4) is 0 Å². The molecule has 3 aliphatic rings. The van der Waals surface area contributed by atoms with Crippen LogP contribution in [-0.2, 0) is 4.79 Å². The lowest BCUT2D eigenvalue weighted by Crippen LogP contribution is -2.50. The molecule has 0 bridgehead atoms. The molecule has 3 heteroatoms. The summed E-state index contributed by atoms with van der Waals surface area (Å²) in [6.45, 7) is 6.12. The van der Waals surface area contributed by atoms with Gasteiger partial charge in [0.15, 0.2) is 11.2 Å². The van der Waals surface area contributed by atoms with Crippen LogP contribution in [0.1, 0.15) is 43.0 Å². The zero-order valence-corrected chi connectivity index (χ0v) is 12.6. The first-order valence-electron chi connectivity index (χ1n) is 7.84. The molecule has 0 amide bonds. The Hall–Kier alpha value is -2.16. The van der Waals surface area contributed by atoms with Gasteiger partial charge in [0.05, 0.1) is 5.56 Å². The van der Waals surface area contributed by atoms with Gasteiger partial charge in [0.2, 0.25) is 0 Å². The second-order valence-electron chi connectivity index (χ2n) is 6.45. The summed E-state index contributed by atoms with van der Waals surface area (Å²) in [5.41, 5.74) is 2.21. The molecule has 22 heavy (non-hydrogen) atoms. The van der Waals surface area contributed by atoms with Crippen molar-refractivity contribution < 1.29 is 14.3 Å². The van der Waals surface area contributed by atoms with Crippen molar-refractivity contribution in [3.8, 4) is 5.75 Å². The number of esters is 1. The molecular weight excluding hydrogens is 276 g/mol. The maximum absolute atomic E-state index is 13.3. The van der Waals surface area contributed by atoms with Gasteiger partial charge in [0.1, 0.15) is 5.75 Å². The highest BCUT2D eigenvalue weighted by Gasteiger charge is 2.62. The first kappa shape index (κ1) is 13.5. The van der Waals surface area contributed by atoms with Gasteiger partial charge in [-0.05, 0) is 49.5 Å². The van der Waals surface area contributed by atoms with Crippen LogP contribution in [0.4, 0.5) is 0 Å². The van der Waals surface area contributed by atoms with Crippen molar-refractivity contribution in [1.29, 1.82) is 0 Å². The Kier molecular flexibility index (Phi) is 2.71. The Morgan fingerprint density at radius 3 is 2.82 bits per heavy atom. The van der Waals surface area contributed by atoms with E-state index in [2.05, 4.69) is 6.58 Å². The summed E-state index contributed by atoms with van der Waals surface area (Å²) in [5, 5.41) is 0. The molecule has 0 saturated heterocycles. The van der Waals surface area contributed by atoms with E-state index >= 15 is 0 Å². The van der Waals surface area contributed by atoms with Crippen molar-refractivity contribution >= 4 is 11.8 Å². The van der Waals surface area contributed by atoms with Crippen LogP contribution < -0.4 is 4.74 Å². The minimum absolute atomic E-state index is 0.0675. The molecule has 0 aromatic heterocycles. The minimum atomic E-state index is -1.21. The van der Waals surface area contributed by atoms with Crippen LogP contribution >= 0.6 is 0 Å². The number of carbonyl (C=O) groups is 2. The number of fused-ring (bicyclic) bond motifs is 3. The normalized spacial score (nSPS) is 30.4. The smallest absolute Gasteiger partial charge is 0.330 e. The van der Waals surface area contributed by atoms with Crippen LogP contribution in [0.25, 0.3) is 0 Å². The number of para-hydroxylation sites is 1. The Balaban J connectivity index is 1.93. The van der Waals surface area contributed by atoms with Crippen molar-refractivity contribution in [2.75, 3.05) is 0 Å². The van der Waals surface area contributed by atoms with E-state index in [0.717, 1.165) is 31.3 Å². The zero-order valence-electron chi connectivity index (χ0n) is 12.6.